The van der Waals surface area contributed by atoms with Crippen LogP contribution in [0.25, 0.3) is 11.0 Å². The van der Waals surface area contributed by atoms with E-state index in [4.69, 9.17) is 4.74 Å². The molecule has 15 heavy (non-hydrogen) atoms. The Kier molecular flexibility index (Phi) is 1.59. The van der Waals surface area contributed by atoms with Gasteiger partial charge in [-0.3, -0.25) is 5.10 Å². The van der Waals surface area contributed by atoms with Crippen LogP contribution < -0.4 is 9.64 Å². The van der Waals surface area contributed by atoms with Gasteiger partial charge in [0.1, 0.15) is 24.1 Å². The summed E-state index contributed by atoms with van der Waals surface area (Å²) in [6.07, 6.45) is 1.54. The van der Waals surface area contributed by atoms with Gasteiger partial charge in [0.05, 0.1) is 6.04 Å². The number of anilines is 1. The van der Waals surface area contributed by atoms with Gasteiger partial charge in [-0.15, -0.1) is 5.10 Å². The Hall–Kier alpha value is -1.85. The largest absolute Gasteiger partial charge is 0.474 e. The molecule has 0 spiro atoms. The summed E-state index contributed by atoms with van der Waals surface area (Å²) < 4.78 is 5.58. The lowest BCUT2D eigenvalue weighted by Crippen LogP contribution is -2.33. The zero-order valence-electron chi connectivity index (χ0n) is 8.56. The van der Waals surface area contributed by atoms with Crippen LogP contribution >= 0.6 is 0 Å². The van der Waals surface area contributed by atoms with Crippen LogP contribution in [0.2, 0.25) is 0 Å². The van der Waals surface area contributed by atoms with Gasteiger partial charge in [0.2, 0.25) is 5.88 Å². The maximum absolute atomic E-state index is 5.58. The summed E-state index contributed by atoms with van der Waals surface area (Å²) in [7, 11) is 2.00. The standard InChI is InChI=1S/C9H11N5O/c1-5-3-15-9-6-7(12-13-9)10-4-11-8(6)14(5)2/h4-5H,3H2,1-2H3,(H,10,11,12,13)/t5-/m1/s1. The molecule has 0 aliphatic carbocycles. The third-order valence-electron chi connectivity index (χ3n) is 2.76. The van der Waals surface area contributed by atoms with E-state index in [9.17, 15) is 0 Å². The quantitative estimate of drug-likeness (QED) is 0.681. The summed E-state index contributed by atoms with van der Waals surface area (Å²) in [6, 6.07) is 0.275. The summed E-state index contributed by atoms with van der Waals surface area (Å²) in [5.41, 5.74) is 0.718. The van der Waals surface area contributed by atoms with Crippen LogP contribution in [0.1, 0.15) is 6.92 Å². The summed E-state index contributed by atoms with van der Waals surface area (Å²) in [5.74, 6) is 1.46. The maximum Gasteiger partial charge on any atom is 0.246 e. The topological polar surface area (TPSA) is 66.9 Å². The van der Waals surface area contributed by atoms with E-state index in [0.717, 1.165) is 16.9 Å². The first-order chi connectivity index (χ1) is 7.27. The molecule has 6 heteroatoms. The zero-order valence-corrected chi connectivity index (χ0v) is 8.56. The van der Waals surface area contributed by atoms with Crippen LogP contribution in [0, 0.1) is 0 Å². The molecule has 0 radical (unpaired) electrons. The monoisotopic (exact) mass is 205 g/mol. The highest BCUT2D eigenvalue weighted by molar-refractivity contribution is 5.92. The van der Waals surface area contributed by atoms with Gasteiger partial charge in [-0.1, -0.05) is 0 Å². The minimum atomic E-state index is 0.275. The molecule has 1 atom stereocenters. The Morgan fingerprint density at radius 1 is 1.53 bits per heavy atom. The lowest BCUT2D eigenvalue weighted by molar-refractivity contribution is 0.288. The molecule has 3 rings (SSSR count). The van der Waals surface area contributed by atoms with Gasteiger partial charge in [-0.25, -0.2) is 9.97 Å². The molecule has 1 aliphatic heterocycles. The van der Waals surface area contributed by atoms with Crippen molar-refractivity contribution in [3.8, 4) is 5.88 Å². The molecule has 3 heterocycles. The number of aromatic amines is 1. The zero-order chi connectivity index (χ0) is 10.4. The van der Waals surface area contributed by atoms with Crippen molar-refractivity contribution in [2.75, 3.05) is 18.6 Å². The summed E-state index contributed by atoms with van der Waals surface area (Å²) in [6.45, 7) is 2.69. The second-order valence-corrected chi connectivity index (χ2v) is 3.72. The second-order valence-electron chi connectivity index (χ2n) is 3.72. The SMILES string of the molecule is C[C@@H]1COc2n[nH]c3ncnc(c23)N1C. The minimum absolute atomic E-state index is 0.275. The van der Waals surface area contributed by atoms with E-state index in [-0.39, 0.29) is 6.04 Å². The van der Waals surface area contributed by atoms with Gasteiger partial charge < -0.3 is 9.64 Å². The Morgan fingerprint density at radius 3 is 3.27 bits per heavy atom. The van der Waals surface area contributed by atoms with E-state index in [1.54, 1.807) is 0 Å². The molecule has 0 saturated heterocycles. The lowest BCUT2D eigenvalue weighted by Gasteiger charge is -2.22. The van der Waals surface area contributed by atoms with Gasteiger partial charge >= 0.3 is 0 Å². The molecule has 6 nitrogen and oxygen atoms in total. The number of H-pyrrole nitrogens is 1. The van der Waals surface area contributed by atoms with Crippen molar-refractivity contribution in [1.29, 1.82) is 0 Å². The van der Waals surface area contributed by atoms with Gasteiger partial charge in [0, 0.05) is 7.05 Å². The first-order valence-electron chi connectivity index (χ1n) is 4.82. The molecule has 0 aromatic carbocycles. The van der Waals surface area contributed by atoms with Crippen molar-refractivity contribution < 1.29 is 4.74 Å². The summed E-state index contributed by atoms with van der Waals surface area (Å²) in [5, 5.41) is 7.77. The Labute approximate surface area is 86.3 Å². The van der Waals surface area contributed by atoms with Crippen LogP contribution in [0.15, 0.2) is 6.33 Å². The predicted molar refractivity (Wildman–Crippen MR) is 55.0 cm³/mol. The van der Waals surface area contributed by atoms with Crippen molar-refractivity contribution in [1.82, 2.24) is 20.2 Å². The van der Waals surface area contributed by atoms with Crippen LogP contribution in [0.5, 0.6) is 5.88 Å². The van der Waals surface area contributed by atoms with E-state index >= 15 is 0 Å². The van der Waals surface area contributed by atoms with Gasteiger partial charge in [0.25, 0.3) is 0 Å². The average Bonchev–Trinajstić information content (AvgIpc) is 2.62. The fourth-order valence-electron chi connectivity index (χ4n) is 1.71. The average molecular weight is 205 g/mol. The Balaban J connectivity index is 2.33. The number of likely N-dealkylation sites (N-methyl/N-ethyl adjacent to an activating group) is 1. The van der Waals surface area contributed by atoms with E-state index in [2.05, 4.69) is 32.0 Å². The van der Waals surface area contributed by atoms with Crippen LogP contribution in [0.3, 0.4) is 0 Å². The molecule has 2 aromatic rings. The van der Waals surface area contributed by atoms with E-state index < -0.39 is 0 Å². The van der Waals surface area contributed by atoms with Crippen molar-refractivity contribution in [3.05, 3.63) is 6.33 Å². The Bertz CT molecular complexity index is 508. The molecule has 0 saturated carbocycles. The van der Waals surface area contributed by atoms with Gasteiger partial charge in [-0.2, -0.15) is 0 Å². The molecule has 0 fully saturated rings. The Morgan fingerprint density at radius 2 is 2.40 bits per heavy atom. The first kappa shape index (κ1) is 8.46. The number of nitrogens with zero attached hydrogens (tertiary/aromatic N) is 4. The molecular formula is C9H11N5O. The predicted octanol–water partition coefficient (Wildman–Crippen LogP) is 0.570. The fraction of sp³-hybridized carbons (Fsp3) is 0.444. The van der Waals surface area contributed by atoms with Crippen molar-refractivity contribution >= 4 is 16.9 Å². The number of hydrogen-bond acceptors (Lipinski definition) is 5. The van der Waals surface area contributed by atoms with Crippen molar-refractivity contribution in [2.45, 2.75) is 13.0 Å². The fourth-order valence-corrected chi connectivity index (χ4v) is 1.71. The first-order valence-corrected chi connectivity index (χ1v) is 4.82. The van der Waals surface area contributed by atoms with E-state index in [1.807, 2.05) is 7.05 Å². The number of aromatic nitrogens is 4. The lowest BCUT2D eigenvalue weighted by atomic mass is 10.3. The number of ether oxygens (including phenoxy) is 1. The highest BCUT2D eigenvalue weighted by Crippen LogP contribution is 2.32. The minimum Gasteiger partial charge on any atom is -0.474 e. The molecule has 0 unspecified atom stereocenters. The van der Waals surface area contributed by atoms with Gasteiger partial charge in [-0.05, 0) is 6.92 Å². The number of hydrogen-bond donors (Lipinski definition) is 1. The normalized spacial score (nSPS) is 20.1. The third-order valence-corrected chi connectivity index (χ3v) is 2.76. The molecule has 0 bridgehead atoms. The van der Waals surface area contributed by atoms with Crippen LogP contribution in [-0.4, -0.2) is 39.9 Å². The highest BCUT2D eigenvalue weighted by Gasteiger charge is 2.24. The summed E-state index contributed by atoms with van der Waals surface area (Å²) in [4.78, 5) is 10.5. The van der Waals surface area contributed by atoms with Crippen molar-refractivity contribution in [2.24, 2.45) is 0 Å². The molecule has 1 aliphatic rings. The smallest absolute Gasteiger partial charge is 0.246 e. The van der Waals surface area contributed by atoms with Gasteiger partial charge in [0.15, 0.2) is 5.65 Å². The summed E-state index contributed by atoms with van der Waals surface area (Å²) >= 11 is 0. The van der Waals surface area contributed by atoms with Crippen molar-refractivity contribution in [3.63, 3.8) is 0 Å². The number of nitrogens with one attached hydrogen (secondary N) is 1. The number of rotatable bonds is 0. The highest BCUT2D eigenvalue weighted by atomic mass is 16.5. The molecule has 2 aromatic heterocycles. The maximum atomic E-state index is 5.58. The van der Waals surface area contributed by atoms with E-state index in [0.29, 0.717) is 12.5 Å². The van der Waals surface area contributed by atoms with Crippen LogP contribution in [-0.2, 0) is 0 Å². The molecule has 78 valence electrons. The third kappa shape index (κ3) is 1.07. The van der Waals surface area contributed by atoms with E-state index in [1.165, 1.54) is 6.33 Å². The second kappa shape index (κ2) is 2.82. The molecular weight excluding hydrogens is 194 g/mol. The molecule has 1 N–H and O–H groups in total. The molecule has 0 amide bonds. The van der Waals surface area contributed by atoms with Crippen LogP contribution in [0.4, 0.5) is 5.82 Å².